The second-order valence-corrected chi connectivity index (χ2v) is 6.66. The van der Waals surface area contributed by atoms with E-state index in [1.165, 1.54) is 12.1 Å². The number of amides is 1. The molecule has 0 spiro atoms. The number of anilines is 1. The van der Waals surface area contributed by atoms with Crippen LogP contribution in [-0.2, 0) is 4.79 Å². The van der Waals surface area contributed by atoms with Crippen molar-refractivity contribution >= 4 is 29.2 Å². The zero-order chi connectivity index (χ0) is 20.4. The van der Waals surface area contributed by atoms with Gasteiger partial charge in [-0.2, -0.15) is 0 Å². The fourth-order valence-electron chi connectivity index (χ4n) is 3.15. The minimum Gasteiger partial charge on any atom is -0.266 e. The number of nitrogens with zero attached hydrogens (tertiary/aromatic N) is 3. The lowest BCUT2D eigenvalue weighted by Gasteiger charge is -2.19. The molecule has 29 heavy (non-hydrogen) atoms. The van der Waals surface area contributed by atoms with Crippen molar-refractivity contribution in [2.45, 2.75) is 6.92 Å². The van der Waals surface area contributed by atoms with E-state index in [-0.39, 0.29) is 17.3 Å². The van der Waals surface area contributed by atoms with Crippen molar-refractivity contribution in [3.8, 4) is 0 Å². The van der Waals surface area contributed by atoms with Gasteiger partial charge in [-0.15, -0.1) is 0 Å². The number of non-ortho nitro benzene ring substituents is 1. The van der Waals surface area contributed by atoms with Crippen LogP contribution in [0.25, 0.3) is 6.08 Å². The molecular weight excluding hydrogens is 366 g/mol. The van der Waals surface area contributed by atoms with E-state index in [4.69, 9.17) is 0 Å². The lowest BCUT2D eigenvalue weighted by Crippen LogP contribution is -2.32. The molecule has 1 amide bonds. The van der Waals surface area contributed by atoms with Gasteiger partial charge in [-0.3, -0.25) is 19.8 Å². The zero-order valence-electron chi connectivity index (χ0n) is 15.6. The van der Waals surface area contributed by atoms with Crippen LogP contribution in [0.2, 0.25) is 0 Å². The fraction of sp³-hybridized carbons (Fsp3) is 0.0435. The Balaban J connectivity index is 1.78. The van der Waals surface area contributed by atoms with Crippen molar-refractivity contribution < 1.29 is 9.72 Å². The standard InChI is InChI=1S/C23H17N3O3/c1-16-6-5-9-20(14-16)25-22(18-7-3-2-4-8-18)24-21(23(25)27)15-17-10-12-19(13-11-17)26(28)29/h2-15H,1H3/b21-15+. The first kappa shape index (κ1) is 18.3. The second-order valence-electron chi connectivity index (χ2n) is 6.66. The molecule has 3 aromatic carbocycles. The smallest absolute Gasteiger partial charge is 0.266 e. The van der Waals surface area contributed by atoms with Crippen LogP contribution < -0.4 is 4.90 Å². The van der Waals surface area contributed by atoms with Crippen molar-refractivity contribution in [1.29, 1.82) is 0 Å². The van der Waals surface area contributed by atoms with Gasteiger partial charge in [-0.05, 0) is 48.4 Å². The van der Waals surface area contributed by atoms with Crippen molar-refractivity contribution in [3.63, 3.8) is 0 Å². The summed E-state index contributed by atoms with van der Waals surface area (Å²) in [6.07, 6.45) is 1.64. The molecule has 0 radical (unpaired) electrons. The van der Waals surface area contributed by atoms with E-state index >= 15 is 0 Å². The van der Waals surface area contributed by atoms with E-state index in [1.54, 1.807) is 23.1 Å². The van der Waals surface area contributed by atoms with Gasteiger partial charge in [0.1, 0.15) is 11.5 Å². The average Bonchev–Trinajstić information content (AvgIpc) is 3.05. The molecule has 6 heteroatoms. The maximum Gasteiger partial charge on any atom is 0.282 e. The van der Waals surface area contributed by atoms with Crippen LogP contribution in [-0.4, -0.2) is 16.7 Å². The number of hydrogen-bond acceptors (Lipinski definition) is 4. The lowest BCUT2D eigenvalue weighted by atomic mass is 10.1. The van der Waals surface area contributed by atoms with E-state index in [9.17, 15) is 14.9 Å². The van der Waals surface area contributed by atoms with Crippen LogP contribution in [0, 0.1) is 17.0 Å². The largest absolute Gasteiger partial charge is 0.282 e. The van der Waals surface area contributed by atoms with Gasteiger partial charge < -0.3 is 0 Å². The molecule has 4 rings (SSSR count). The molecule has 0 N–H and O–H groups in total. The Bertz CT molecular complexity index is 1150. The van der Waals surface area contributed by atoms with Crippen molar-refractivity contribution in [2.24, 2.45) is 4.99 Å². The molecule has 142 valence electrons. The SMILES string of the molecule is Cc1cccc(N2C(=O)/C(=C\c3ccc([N+](=O)[O-])cc3)N=C2c2ccccc2)c1. The van der Waals surface area contributed by atoms with E-state index in [0.717, 1.165) is 16.8 Å². The number of carbonyl (C=O) groups excluding carboxylic acids is 1. The van der Waals surface area contributed by atoms with Crippen LogP contribution in [0.1, 0.15) is 16.7 Å². The third-order valence-electron chi connectivity index (χ3n) is 4.56. The first-order valence-corrected chi connectivity index (χ1v) is 9.04. The summed E-state index contributed by atoms with van der Waals surface area (Å²) in [6, 6.07) is 23.2. The van der Waals surface area contributed by atoms with Gasteiger partial charge in [-0.25, -0.2) is 4.99 Å². The van der Waals surface area contributed by atoms with Gasteiger partial charge >= 0.3 is 0 Å². The number of rotatable bonds is 4. The van der Waals surface area contributed by atoms with Gasteiger partial charge in [0, 0.05) is 17.7 Å². The summed E-state index contributed by atoms with van der Waals surface area (Å²) in [7, 11) is 0. The number of nitro benzene ring substituents is 1. The molecule has 6 nitrogen and oxygen atoms in total. The highest BCUT2D eigenvalue weighted by Crippen LogP contribution is 2.28. The Labute approximate surface area is 167 Å². The van der Waals surface area contributed by atoms with E-state index < -0.39 is 4.92 Å². The van der Waals surface area contributed by atoms with Crippen LogP contribution in [0.15, 0.2) is 89.6 Å². The first-order chi connectivity index (χ1) is 14.0. The Hall–Kier alpha value is -4.06. The maximum absolute atomic E-state index is 13.2. The van der Waals surface area contributed by atoms with Crippen LogP contribution >= 0.6 is 0 Å². The highest BCUT2D eigenvalue weighted by molar-refractivity contribution is 6.33. The summed E-state index contributed by atoms with van der Waals surface area (Å²) < 4.78 is 0. The summed E-state index contributed by atoms with van der Waals surface area (Å²) in [5.41, 5.74) is 3.55. The zero-order valence-corrected chi connectivity index (χ0v) is 15.6. The molecule has 0 bridgehead atoms. The maximum atomic E-state index is 13.2. The summed E-state index contributed by atoms with van der Waals surface area (Å²) in [5.74, 6) is 0.308. The quantitative estimate of drug-likeness (QED) is 0.371. The molecule has 0 saturated heterocycles. The highest BCUT2D eigenvalue weighted by Gasteiger charge is 2.32. The Kier molecular flexibility index (Phi) is 4.75. The van der Waals surface area contributed by atoms with Crippen molar-refractivity contribution in [3.05, 3.63) is 111 Å². The molecule has 0 saturated carbocycles. The minimum absolute atomic E-state index is 0.000221. The number of amidine groups is 1. The molecule has 0 fully saturated rings. The molecule has 0 aromatic heterocycles. The lowest BCUT2D eigenvalue weighted by molar-refractivity contribution is -0.384. The third kappa shape index (κ3) is 3.68. The van der Waals surface area contributed by atoms with E-state index in [0.29, 0.717) is 11.4 Å². The molecular formula is C23H17N3O3. The third-order valence-corrected chi connectivity index (χ3v) is 4.56. The Morgan fingerprint density at radius 3 is 2.34 bits per heavy atom. The minimum atomic E-state index is -0.456. The molecule has 0 unspecified atom stereocenters. The Morgan fingerprint density at radius 2 is 1.69 bits per heavy atom. The van der Waals surface area contributed by atoms with Gasteiger partial charge in [-0.1, -0.05) is 42.5 Å². The van der Waals surface area contributed by atoms with Gasteiger partial charge in [0.2, 0.25) is 0 Å². The van der Waals surface area contributed by atoms with E-state index in [1.807, 2.05) is 61.5 Å². The highest BCUT2D eigenvalue weighted by atomic mass is 16.6. The molecule has 3 aromatic rings. The molecule has 1 aliphatic rings. The number of aliphatic imine (C=N–C) groups is 1. The number of benzene rings is 3. The average molecular weight is 383 g/mol. The number of carbonyl (C=O) groups is 1. The first-order valence-electron chi connectivity index (χ1n) is 9.04. The molecule has 1 aliphatic heterocycles. The fourth-order valence-corrected chi connectivity index (χ4v) is 3.15. The predicted molar refractivity (Wildman–Crippen MR) is 113 cm³/mol. The van der Waals surface area contributed by atoms with Gasteiger partial charge in [0.25, 0.3) is 11.6 Å². The topological polar surface area (TPSA) is 75.8 Å². The number of nitro groups is 1. The van der Waals surface area contributed by atoms with Crippen molar-refractivity contribution in [1.82, 2.24) is 0 Å². The normalized spacial score (nSPS) is 14.9. The summed E-state index contributed by atoms with van der Waals surface area (Å²) in [4.78, 5) is 29.8. The second kappa shape index (κ2) is 7.52. The summed E-state index contributed by atoms with van der Waals surface area (Å²) in [5, 5.41) is 10.8. The van der Waals surface area contributed by atoms with Crippen LogP contribution in [0.4, 0.5) is 11.4 Å². The van der Waals surface area contributed by atoms with Crippen LogP contribution in [0.3, 0.4) is 0 Å². The molecule has 1 heterocycles. The van der Waals surface area contributed by atoms with Gasteiger partial charge in [0.15, 0.2) is 0 Å². The number of hydrogen-bond donors (Lipinski definition) is 0. The molecule has 0 aliphatic carbocycles. The monoisotopic (exact) mass is 383 g/mol. The molecule has 0 atom stereocenters. The van der Waals surface area contributed by atoms with Gasteiger partial charge in [0.05, 0.1) is 10.6 Å². The predicted octanol–water partition coefficient (Wildman–Crippen LogP) is 4.74. The number of aryl methyl sites for hydroxylation is 1. The van der Waals surface area contributed by atoms with E-state index in [2.05, 4.69) is 4.99 Å². The Morgan fingerprint density at radius 1 is 0.966 bits per heavy atom. The summed E-state index contributed by atoms with van der Waals surface area (Å²) >= 11 is 0. The van der Waals surface area contributed by atoms with Crippen molar-refractivity contribution in [2.75, 3.05) is 4.90 Å². The van der Waals surface area contributed by atoms with Crippen LogP contribution in [0.5, 0.6) is 0 Å². The summed E-state index contributed by atoms with van der Waals surface area (Å²) in [6.45, 7) is 1.97.